The van der Waals surface area contributed by atoms with E-state index >= 15 is 0 Å². The van der Waals surface area contributed by atoms with E-state index in [2.05, 4.69) is 16.8 Å². The minimum absolute atomic E-state index is 0.0820. The second-order valence-electron chi connectivity index (χ2n) is 7.07. The number of carbonyl (C=O) groups is 1. The van der Waals surface area contributed by atoms with Crippen LogP contribution in [0.15, 0.2) is 22.8 Å². The van der Waals surface area contributed by atoms with E-state index in [1.807, 2.05) is 19.1 Å². The molecule has 0 radical (unpaired) electrons. The molecular formula is C19H25N4O2+. The van der Waals surface area contributed by atoms with Crippen LogP contribution in [0.4, 0.5) is 5.95 Å². The van der Waals surface area contributed by atoms with Gasteiger partial charge in [-0.15, -0.1) is 0 Å². The molecule has 0 amide bonds. The standard InChI is InChI=1S/C19H24N4O2/c1-3-22-6-8-23(9-7-22)19-20-13(2)18-15(21-19)11-14(12-16(18)24)17-5-4-10-25-17/h4-5,10,14H,3,6-9,11-12H2,1-2H3/p+1/t14-/m0/s1. The predicted molar refractivity (Wildman–Crippen MR) is 94.3 cm³/mol. The molecule has 132 valence electrons. The molecular weight excluding hydrogens is 316 g/mol. The second kappa shape index (κ2) is 6.59. The number of anilines is 1. The zero-order valence-electron chi connectivity index (χ0n) is 14.9. The van der Waals surface area contributed by atoms with Gasteiger partial charge in [0.05, 0.1) is 55.9 Å². The number of Topliss-reactive ketones (excluding diaryl/α,β-unsaturated/α-hetero) is 1. The molecule has 0 spiro atoms. The van der Waals surface area contributed by atoms with Gasteiger partial charge in [0.15, 0.2) is 5.78 Å². The summed E-state index contributed by atoms with van der Waals surface area (Å²) in [4.78, 5) is 26.0. The summed E-state index contributed by atoms with van der Waals surface area (Å²) in [6.07, 6.45) is 2.88. The Kier molecular flexibility index (Phi) is 4.29. The maximum atomic E-state index is 12.6. The van der Waals surface area contributed by atoms with Crippen LogP contribution in [0, 0.1) is 6.92 Å². The van der Waals surface area contributed by atoms with Crippen LogP contribution in [0.25, 0.3) is 0 Å². The zero-order chi connectivity index (χ0) is 17.4. The van der Waals surface area contributed by atoms with Gasteiger partial charge >= 0.3 is 0 Å². The van der Waals surface area contributed by atoms with Gasteiger partial charge < -0.3 is 14.2 Å². The van der Waals surface area contributed by atoms with Gasteiger partial charge in [-0.05, 0) is 26.0 Å². The number of aromatic nitrogens is 2. The van der Waals surface area contributed by atoms with Crippen molar-refractivity contribution in [1.82, 2.24) is 9.97 Å². The molecule has 1 saturated heterocycles. The molecule has 2 aliphatic rings. The average molecular weight is 341 g/mol. The normalized spacial score (nSPS) is 21.4. The van der Waals surface area contributed by atoms with Crippen LogP contribution in [0.1, 0.15) is 46.8 Å². The van der Waals surface area contributed by atoms with E-state index in [4.69, 9.17) is 9.40 Å². The first-order chi connectivity index (χ1) is 12.2. The third kappa shape index (κ3) is 3.06. The molecule has 6 heteroatoms. The fourth-order valence-corrected chi connectivity index (χ4v) is 4.00. The number of nitrogens with one attached hydrogen (secondary N) is 1. The second-order valence-corrected chi connectivity index (χ2v) is 7.07. The molecule has 25 heavy (non-hydrogen) atoms. The van der Waals surface area contributed by atoms with E-state index in [0.717, 1.165) is 67.8 Å². The molecule has 0 bridgehead atoms. The monoisotopic (exact) mass is 341 g/mol. The molecule has 0 aromatic carbocycles. The molecule has 1 fully saturated rings. The van der Waals surface area contributed by atoms with Gasteiger partial charge in [0.25, 0.3) is 0 Å². The van der Waals surface area contributed by atoms with Crippen LogP contribution >= 0.6 is 0 Å². The number of ketones is 1. The van der Waals surface area contributed by atoms with Crippen molar-refractivity contribution in [3.05, 3.63) is 41.1 Å². The molecule has 2 aromatic rings. The highest BCUT2D eigenvalue weighted by Crippen LogP contribution is 2.33. The lowest BCUT2D eigenvalue weighted by atomic mass is 9.84. The molecule has 0 unspecified atom stereocenters. The Labute approximate surface area is 147 Å². The van der Waals surface area contributed by atoms with E-state index in [-0.39, 0.29) is 11.7 Å². The van der Waals surface area contributed by atoms with Crippen molar-refractivity contribution in [2.75, 3.05) is 37.6 Å². The third-order valence-corrected chi connectivity index (χ3v) is 5.50. The van der Waals surface area contributed by atoms with Crippen molar-refractivity contribution in [3.8, 4) is 0 Å². The molecule has 3 heterocycles. The van der Waals surface area contributed by atoms with Crippen LogP contribution in [0.3, 0.4) is 0 Å². The average Bonchev–Trinajstić information content (AvgIpc) is 3.16. The number of quaternary nitrogens is 1. The summed E-state index contributed by atoms with van der Waals surface area (Å²) in [6.45, 7) is 9.49. The van der Waals surface area contributed by atoms with Crippen LogP contribution < -0.4 is 9.80 Å². The first kappa shape index (κ1) is 16.3. The van der Waals surface area contributed by atoms with E-state index in [0.29, 0.717) is 6.42 Å². The highest BCUT2D eigenvalue weighted by molar-refractivity contribution is 5.99. The van der Waals surface area contributed by atoms with Crippen molar-refractivity contribution in [1.29, 1.82) is 0 Å². The highest BCUT2D eigenvalue weighted by Gasteiger charge is 2.32. The Hall–Kier alpha value is -2.21. The number of nitrogens with zero attached hydrogens (tertiary/aromatic N) is 3. The highest BCUT2D eigenvalue weighted by atomic mass is 16.3. The summed E-state index contributed by atoms with van der Waals surface area (Å²) in [5, 5.41) is 0. The smallest absolute Gasteiger partial charge is 0.226 e. The number of likely N-dealkylation sites (N-methyl/N-ethyl adjacent to an activating group) is 1. The first-order valence-corrected chi connectivity index (χ1v) is 9.18. The maximum absolute atomic E-state index is 12.6. The van der Waals surface area contributed by atoms with Gasteiger partial charge in [-0.3, -0.25) is 4.79 Å². The van der Waals surface area contributed by atoms with Crippen LogP contribution in [-0.2, 0) is 6.42 Å². The number of rotatable bonds is 3. The molecule has 1 N–H and O–H groups in total. The number of piperazine rings is 1. The molecule has 2 aromatic heterocycles. The summed E-state index contributed by atoms with van der Waals surface area (Å²) >= 11 is 0. The maximum Gasteiger partial charge on any atom is 0.226 e. The van der Waals surface area contributed by atoms with E-state index < -0.39 is 0 Å². The zero-order valence-corrected chi connectivity index (χ0v) is 14.9. The van der Waals surface area contributed by atoms with Crippen LogP contribution in [-0.4, -0.2) is 48.5 Å². The molecule has 1 aliphatic carbocycles. The summed E-state index contributed by atoms with van der Waals surface area (Å²) < 4.78 is 5.53. The number of hydrogen-bond donors (Lipinski definition) is 1. The summed E-state index contributed by atoms with van der Waals surface area (Å²) in [5.74, 6) is 1.86. The first-order valence-electron chi connectivity index (χ1n) is 9.18. The summed E-state index contributed by atoms with van der Waals surface area (Å²) in [6, 6.07) is 3.83. The van der Waals surface area contributed by atoms with Crippen molar-refractivity contribution in [2.45, 2.75) is 32.6 Å². The number of hydrogen-bond acceptors (Lipinski definition) is 5. The van der Waals surface area contributed by atoms with E-state index in [1.54, 1.807) is 11.2 Å². The Morgan fingerprint density at radius 3 is 2.76 bits per heavy atom. The third-order valence-electron chi connectivity index (χ3n) is 5.50. The van der Waals surface area contributed by atoms with Crippen molar-refractivity contribution in [2.24, 2.45) is 0 Å². The van der Waals surface area contributed by atoms with Crippen molar-refractivity contribution >= 4 is 11.7 Å². The van der Waals surface area contributed by atoms with Gasteiger partial charge in [0, 0.05) is 18.8 Å². The Balaban J connectivity index is 1.62. The molecule has 1 aliphatic heterocycles. The quantitative estimate of drug-likeness (QED) is 0.903. The van der Waals surface area contributed by atoms with Crippen molar-refractivity contribution < 1.29 is 14.1 Å². The largest absolute Gasteiger partial charge is 0.469 e. The lowest BCUT2D eigenvalue weighted by Crippen LogP contribution is -3.14. The molecule has 4 rings (SSSR count). The summed E-state index contributed by atoms with van der Waals surface area (Å²) in [5.41, 5.74) is 2.42. The topological polar surface area (TPSA) is 63.7 Å². The Morgan fingerprint density at radius 1 is 1.28 bits per heavy atom. The fraction of sp³-hybridized carbons (Fsp3) is 0.526. The lowest BCUT2D eigenvalue weighted by Gasteiger charge is -2.32. The number of furan rings is 1. The molecule has 6 nitrogen and oxygen atoms in total. The van der Waals surface area contributed by atoms with Gasteiger partial charge in [0.1, 0.15) is 5.76 Å². The van der Waals surface area contributed by atoms with E-state index in [9.17, 15) is 4.79 Å². The molecule has 1 atom stereocenters. The van der Waals surface area contributed by atoms with Gasteiger partial charge in [-0.25, -0.2) is 9.97 Å². The minimum atomic E-state index is 0.0820. The van der Waals surface area contributed by atoms with E-state index in [1.165, 1.54) is 0 Å². The fourth-order valence-electron chi connectivity index (χ4n) is 4.00. The van der Waals surface area contributed by atoms with Crippen molar-refractivity contribution in [3.63, 3.8) is 0 Å². The van der Waals surface area contributed by atoms with Crippen LogP contribution in [0.5, 0.6) is 0 Å². The SMILES string of the molecule is CC[NH+]1CCN(c2nc(C)c3c(n2)C[C@H](c2ccco2)CC3=O)CC1. The lowest BCUT2D eigenvalue weighted by molar-refractivity contribution is -0.898. The number of carbonyl (C=O) groups excluding carboxylic acids is 1. The number of aryl methyl sites for hydroxylation is 1. The number of fused-ring (bicyclic) bond motifs is 1. The Morgan fingerprint density at radius 2 is 2.08 bits per heavy atom. The predicted octanol–water partition coefficient (Wildman–Crippen LogP) is 1.02. The van der Waals surface area contributed by atoms with Gasteiger partial charge in [0.2, 0.25) is 5.95 Å². The Bertz CT molecular complexity index is 764. The summed E-state index contributed by atoms with van der Waals surface area (Å²) in [7, 11) is 0. The minimum Gasteiger partial charge on any atom is -0.469 e. The molecule has 0 saturated carbocycles. The van der Waals surface area contributed by atoms with Gasteiger partial charge in [-0.1, -0.05) is 0 Å². The van der Waals surface area contributed by atoms with Crippen LogP contribution in [0.2, 0.25) is 0 Å². The van der Waals surface area contributed by atoms with Gasteiger partial charge in [-0.2, -0.15) is 0 Å².